The molecular formula is C37H49N3O6SSi. The van der Waals surface area contributed by atoms with Crippen LogP contribution in [0.1, 0.15) is 55.2 Å². The van der Waals surface area contributed by atoms with Crippen LogP contribution in [-0.2, 0) is 27.5 Å². The summed E-state index contributed by atoms with van der Waals surface area (Å²) in [4.78, 5) is 4.50. The second-order valence-corrected chi connectivity index (χ2v) is 18.3. The zero-order chi connectivity index (χ0) is 34.6. The van der Waals surface area contributed by atoms with Crippen LogP contribution in [0.2, 0.25) is 18.1 Å². The van der Waals surface area contributed by atoms with Gasteiger partial charge in [0.15, 0.2) is 8.32 Å². The molecule has 1 aromatic heterocycles. The largest absolute Gasteiger partial charge is 0.496 e. The lowest BCUT2D eigenvalue weighted by atomic mass is 9.98. The summed E-state index contributed by atoms with van der Waals surface area (Å²) in [7, 11) is -2.48. The zero-order valence-corrected chi connectivity index (χ0v) is 30.7. The third kappa shape index (κ3) is 10.1. The number of nitrogens with zero attached hydrogens (tertiary/aromatic N) is 1. The zero-order valence-electron chi connectivity index (χ0n) is 28.9. The average Bonchev–Trinajstić information content (AvgIpc) is 3.10. The predicted octanol–water partition coefficient (Wildman–Crippen LogP) is 7.69. The Labute approximate surface area is 287 Å². The first kappa shape index (κ1) is 36.9. The highest BCUT2D eigenvalue weighted by Crippen LogP contribution is 2.37. The second-order valence-electron chi connectivity index (χ2n) is 11.8. The molecule has 2 N–H and O–H groups in total. The van der Waals surface area contributed by atoms with Crippen molar-refractivity contribution in [3.05, 3.63) is 113 Å². The van der Waals surface area contributed by atoms with E-state index < -0.39 is 18.3 Å². The van der Waals surface area contributed by atoms with E-state index in [1.54, 1.807) is 20.4 Å². The fourth-order valence-corrected chi connectivity index (χ4v) is 9.27. The van der Waals surface area contributed by atoms with Gasteiger partial charge in [0, 0.05) is 18.8 Å². The fourth-order valence-electron chi connectivity index (χ4n) is 5.89. The van der Waals surface area contributed by atoms with Crippen LogP contribution in [0, 0.1) is 0 Å². The fraction of sp³-hybridized carbons (Fsp3) is 0.378. The van der Waals surface area contributed by atoms with Gasteiger partial charge in [-0.2, -0.15) is 0 Å². The van der Waals surface area contributed by atoms with E-state index in [0.29, 0.717) is 42.6 Å². The minimum Gasteiger partial charge on any atom is -0.496 e. The number of nitrogens with one attached hydrogen (secondary N) is 2. The van der Waals surface area contributed by atoms with E-state index in [9.17, 15) is 8.42 Å². The van der Waals surface area contributed by atoms with Crippen molar-refractivity contribution in [2.24, 2.45) is 0 Å². The van der Waals surface area contributed by atoms with Crippen LogP contribution in [0.3, 0.4) is 0 Å². The molecule has 0 unspecified atom stereocenters. The Kier molecular flexibility index (Phi) is 13.4. The minimum atomic E-state index is -3.60. The topological polar surface area (TPSA) is 108 Å². The second kappa shape index (κ2) is 17.5. The first-order valence-electron chi connectivity index (χ1n) is 16.4. The summed E-state index contributed by atoms with van der Waals surface area (Å²) in [5.74, 6) is 1.60. The molecule has 0 aliphatic heterocycles. The molecule has 0 aliphatic carbocycles. The number of pyridine rings is 1. The van der Waals surface area contributed by atoms with Gasteiger partial charge in [-0.15, -0.1) is 0 Å². The molecule has 4 rings (SSSR count). The van der Waals surface area contributed by atoms with Crippen molar-refractivity contribution in [2.75, 3.05) is 31.7 Å². The third-order valence-electron chi connectivity index (χ3n) is 8.74. The van der Waals surface area contributed by atoms with Crippen LogP contribution in [0.5, 0.6) is 17.4 Å². The number of rotatable bonds is 19. The first-order chi connectivity index (χ1) is 23.1. The Hall–Kier alpha value is -3.90. The Bertz CT molecular complexity index is 1660. The van der Waals surface area contributed by atoms with Gasteiger partial charge in [0.1, 0.15) is 18.1 Å². The van der Waals surface area contributed by atoms with Crippen LogP contribution >= 0.6 is 0 Å². The molecule has 0 spiro atoms. The summed E-state index contributed by atoms with van der Waals surface area (Å²) in [6.07, 6.45) is 3.08. The lowest BCUT2D eigenvalue weighted by Crippen LogP contribution is -2.40. The number of anilines is 1. The number of hydrogen-bond acceptors (Lipinski definition) is 8. The van der Waals surface area contributed by atoms with Gasteiger partial charge in [0.2, 0.25) is 15.9 Å². The van der Waals surface area contributed by atoms with Crippen molar-refractivity contribution >= 4 is 24.0 Å². The van der Waals surface area contributed by atoms with Gasteiger partial charge in [-0.05, 0) is 59.4 Å². The molecule has 258 valence electrons. The molecule has 4 aromatic rings. The maximum absolute atomic E-state index is 12.5. The lowest BCUT2D eigenvalue weighted by molar-refractivity contribution is 0.180. The highest BCUT2D eigenvalue weighted by atomic mass is 32.2. The SMILES string of the molecule is CC[Si](CC)(CC)O[C@@H](CN[C@@H](Cc1ccccc1)c1c(OC)ccnc1OC)c1ccc(OCc2ccccc2)c(NS(C)(=O)=O)c1. The highest BCUT2D eigenvalue weighted by Gasteiger charge is 2.34. The van der Waals surface area contributed by atoms with Crippen molar-refractivity contribution in [3.63, 3.8) is 0 Å². The highest BCUT2D eigenvalue weighted by molar-refractivity contribution is 7.92. The summed E-state index contributed by atoms with van der Waals surface area (Å²) >= 11 is 0. The average molecular weight is 692 g/mol. The molecule has 1 heterocycles. The minimum absolute atomic E-state index is 0.236. The number of hydrogen-bond donors (Lipinski definition) is 2. The van der Waals surface area contributed by atoms with Crippen LogP contribution in [0.25, 0.3) is 0 Å². The predicted molar refractivity (Wildman–Crippen MR) is 195 cm³/mol. The lowest BCUT2D eigenvalue weighted by Gasteiger charge is -2.35. The van der Waals surface area contributed by atoms with Gasteiger partial charge >= 0.3 is 0 Å². The summed E-state index contributed by atoms with van der Waals surface area (Å²) in [5, 5.41) is 3.78. The van der Waals surface area contributed by atoms with Crippen molar-refractivity contribution < 1.29 is 27.1 Å². The van der Waals surface area contributed by atoms with Gasteiger partial charge in [0.05, 0.1) is 37.8 Å². The Morgan fingerprint density at radius 1 is 0.812 bits per heavy atom. The molecule has 48 heavy (non-hydrogen) atoms. The normalized spacial score (nSPS) is 13.0. The number of sulfonamides is 1. The van der Waals surface area contributed by atoms with Crippen LogP contribution < -0.4 is 24.2 Å². The van der Waals surface area contributed by atoms with Crippen molar-refractivity contribution in [1.82, 2.24) is 10.3 Å². The quantitative estimate of drug-likeness (QED) is 0.0965. The van der Waals surface area contributed by atoms with Gasteiger partial charge in [-0.3, -0.25) is 4.72 Å². The molecule has 0 saturated heterocycles. The van der Waals surface area contributed by atoms with E-state index in [0.717, 1.165) is 46.6 Å². The number of aromatic nitrogens is 1. The van der Waals surface area contributed by atoms with Crippen LogP contribution in [-0.4, -0.2) is 48.7 Å². The maximum Gasteiger partial charge on any atom is 0.229 e. The number of ether oxygens (including phenoxy) is 3. The summed E-state index contributed by atoms with van der Waals surface area (Å²) in [6.45, 7) is 7.34. The van der Waals surface area contributed by atoms with Crippen molar-refractivity contribution in [2.45, 2.75) is 64.1 Å². The van der Waals surface area contributed by atoms with E-state index in [-0.39, 0.29) is 12.1 Å². The van der Waals surface area contributed by atoms with E-state index in [1.165, 1.54) is 0 Å². The maximum atomic E-state index is 12.5. The molecule has 9 nitrogen and oxygen atoms in total. The molecule has 0 bridgehead atoms. The third-order valence-corrected chi connectivity index (χ3v) is 14.0. The number of methoxy groups -OCH3 is 2. The van der Waals surface area contributed by atoms with Gasteiger partial charge in [-0.25, -0.2) is 13.4 Å². The van der Waals surface area contributed by atoms with E-state index in [4.69, 9.17) is 18.6 Å². The summed E-state index contributed by atoms with van der Waals surface area (Å²) in [6, 6.07) is 30.1. The molecule has 0 radical (unpaired) electrons. The van der Waals surface area contributed by atoms with Crippen molar-refractivity contribution in [1.29, 1.82) is 0 Å². The molecule has 0 amide bonds. The molecule has 0 aliphatic rings. The summed E-state index contributed by atoms with van der Waals surface area (Å²) < 4.78 is 52.5. The van der Waals surface area contributed by atoms with Crippen LogP contribution in [0.15, 0.2) is 91.1 Å². The Balaban J connectivity index is 1.75. The monoisotopic (exact) mass is 691 g/mol. The first-order valence-corrected chi connectivity index (χ1v) is 20.9. The molecule has 0 fully saturated rings. The summed E-state index contributed by atoms with van der Waals surface area (Å²) in [5.41, 5.74) is 4.15. The van der Waals surface area contributed by atoms with E-state index >= 15 is 0 Å². The molecule has 2 atom stereocenters. The standard InChI is InChI=1S/C37H49N3O6SSi/c1-7-48(8-2,9-3)46-35(30-20-21-33(31(25-30)40-47(6,41)42)45-27-29-18-14-11-15-19-29)26-39-32(24-28-16-12-10-13-17-28)36-34(43-4)22-23-38-37(36)44-5/h10-23,25,32,35,39-40H,7-9,24,26-27H2,1-6H3/t32-,35-/m0/s1. The Morgan fingerprint density at radius 2 is 1.46 bits per heavy atom. The Morgan fingerprint density at radius 3 is 2.04 bits per heavy atom. The van der Waals surface area contributed by atoms with E-state index in [1.807, 2.05) is 72.8 Å². The van der Waals surface area contributed by atoms with E-state index in [2.05, 4.69) is 47.9 Å². The van der Waals surface area contributed by atoms with Gasteiger partial charge in [0.25, 0.3) is 0 Å². The smallest absolute Gasteiger partial charge is 0.229 e. The molecular weight excluding hydrogens is 643 g/mol. The molecule has 3 aromatic carbocycles. The van der Waals surface area contributed by atoms with Crippen LogP contribution in [0.4, 0.5) is 5.69 Å². The molecule has 11 heteroatoms. The van der Waals surface area contributed by atoms with Gasteiger partial charge in [-0.1, -0.05) is 87.5 Å². The van der Waals surface area contributed by atoms with Gasteiger partial charge < -0.3 is 24.0 Å². The number of benzene rings is 3. The van der Waals surface area contributed by atoms with Crippen molar-refractivity contribution in [3.8, 4) is 17.4 Å². The molecule has 0 saturated carbocycles.